The van der Waals surface area contributed by atoms with Crippen LogP contribution in [0.2, 0.25) is 0 Å². The SMILES string of the molecule is CCCCN(CCN)c1ccc(C)cc1. The van der Waals surface area contributed by atoms with Crippen LogP contribution in [0.3, 0.4) is 0 Å². The number of hydrogen-bond acceptors (Lipinski definition) is 2. The van der Waals surface area contributed by atoms with Gasteiger partial charge in [-0.25, -0.2) is 0 Å². The molecular weight excluding hydrogens is 184 g/mol. The first kappa shape index (κ1) is 12.1. The second-order valence-corrected chi connectivity index (χ2v) is 3.96. The van der Waals surface area contributed by atoms with Gasteiger partial charge in [-0.15, -0.1) is 0 Å². The first-order valence-corrected chi connectivity index (χ1v) is 5.79. The van der Waals surface area contributed by atoms with Crippen molar-refractivity contribution >= 4 is 5.69 Å². The highest BCUT2D eigenvalue weighted by molar-refractivity contribution is 5.47. The summed E-state index contributed by atoms with van der Waals surface area (Å²) in [5.41, 5.74) is 8.23. The molecular formula is C13H22N2. The van der Waals surface area contributed by atoms with Crippen LogP contribution in [-0.4, -0.2) is 19.6 Å². The number of nitrogens with two attached hydrogens (primary N) is 1. The zero-order valence-corrected chi connectivity index (χ0v) is 9.87. The number of nitrogens with zero attached hydrogens (tertiary/aromatic N) is 1. The molecule has 0 aliphatic heterocycles. The van der Waals surface area contributed by atoms with Crippen molar-refractivity contribution in [2.75, 3.05) is 24.5 Å². The Hall–Kier alpha value is -1.02. The fourth-order valence-corrected chi connectivity index (χ4v) is 1.63. The lowest BCUT2D eigenvalue weighted by atomic mass is 10.2. The third-order valence-electron chi connectivity index (χ3n) is 2.58. The summed E-state index contributed by atoms with van der Waals surface area (Å²) in [6, 6.07) is 8.68. The van der Waals surface area contributed by atoms with Crippen molar-refractivity contribution in [2.24, 2.45) is 5.73 Å². The highest BCUT2D eigenvalue weighted by Crippen LogP contribution is 2.15. The summed E-state index contributed by atoms with van der Waals surface area (Å²) in [6.07, 6.45) is 2.46. The van der Waals surface area contributed by atoms with E-state index in [2.05, 4.69) is 43.0 Å². The van der Waals surface area contributed by atoms with Gasteiger partial charge in [0.05, 0.1) is 0 Å². The van der Waals surface area contributed by atoms with Crippen molar-refractivity contribution in [3.8, 4) is 0 Å². The third-order valence-corrected chi connectivity index (χ3v) is 2.58. The average molecular weight is 206 g/mol. The fraction of sp³-hybridized carbons (Fsp3) is 0.538. The Labute approximate surface area is 93.1 Å². The molecule has 0 radical (unpaired) electrons. The molecule has 0 saturated carbocycles. The van der Waals surface area contributed by atoms with Gasteiger partial charge in [0.25, 0.3) is 0 Å². The predicted octanol–water partition coefficient (Wildman–Crippen LogP) is 2.56. The minimum absolute atomic E-state index is 0.720. The van der Waals surface area contributed by atoms with E-state index in [-0.39, 0.29) is 0 Å². The molecule has 0 heterocycles. The maximum Gasteiger partial charge on any atom is 0.0366 e. The van der Waals surface area contributed by atoms with Crippen molar-refractivity contribution in [1.29, 1.82) is 0 Å². The van der Waals surface area contributed by atoms with Crippen LogP contribution in [0, 0.1) is 6.92 Å². The minimum Gasteiger partial charge on any atom is -0.370 e. The van der Waals surface area contributed by atoms with Gasteiger partial charge >= 0.3 is 0 Å². The standard InChI is InChI=1S/C13H22N2/c1-3-4-10-15(11-9-14)13-7-5-12(2)6-8-13/h5-8H,3-4,9-11,14H2,1-2H3. The summed E-state index contributed by atoms with van der Waals surface area (Å²) in [4.78, 5) is 2.36. The summed E-state index contributed by atoms with van der Waals surface area (Å²) in [7, 11) is 0. The first-order chi connectivity index (χ1) is 7.27. The molecule has 2 N–H and O–H groups in total. The van der Waals surface area contributed by atoms with Crippen LogP contribution in [0.25, 0.3) is 0 Å². The van der Waals surface area contributed by atoms with Crippen LogP contribution in [0.1, 0.15) is 25.3 Å². The minimum atomic E-state index is 0.720. The lowest BCUT2D eigenvalue weighted by Gasteiger charge is -2.24. The molecule has 1 rings (SSSR count). The molecule has 0 bridgehead atoms. The van der Waals surface area contributed by atoms with Gasteiger partial charge in [0.15, 0.2) is 0 Å². The van der Waals surface area contributed by atoms with E-state index >= 15 is 0 Å². The van der Waals surface area contributed by atoms with E-state index in [1.807, 2.05) is 0 Å². The van der Waals surface area contributed by atoms with Crippen LogP contribution in [-0.2, 0) is 0 Å². The maximum atomic E-state index is 5.63. The number of benzene rings is 1. The topological polar surface area (TPSA) is 29.3 Å². The van der Waals surface area contributed by atoms with Crippen molar-refractivity contribution in [1.82, 2.24) is 0 Å². The molecule has 2 heteroatoms. The quantitative estimate of drug-likeness (QED) is 0.775. The second kappa shape index (κ2) is 6.46. The summed E-state index contributed by atoms with van der Waals surface area (Å²) in [5, 5.41) is 0. The van der Waals surface area contributed by atoms with E-state index in [0.29, 0.717) is 0 Å². The molecule has 0 spiro atoms. The van der Waals surface area contributed by atoms with Crippen LogP contribution in [0.4, 0.5) is 5.69 Å². The molecule has 0 fully saturated rings. The molecule has 84 valence electrons. The Morgan fingerprint density at radius 3 is 2.33 bits per heavy atom. The Balaban J connectivity index is 2.65. The Morgan fingerprint density at radius 1 is 1.13 bits per heavy atom. The molecule has 2 nitrogen and oxygen atoms in total. The highest BCUT2D eigenvalue weighted by atomic mass is 15.1. The predicted molar refractivity (Wildman–Crippen MR) is 67.4 cm³/mol. The molecule has 0 atom stereocenters. The lowest BCUT2D eigenvalue weighted by Crippen LogP contribution is -2.30. The van der Waals surface area contributed by atoms with Crippen molar-refractivity contribution in [3.05, 3.63) is 29.8 Å². The number of rotatable bonds is 6. The number of anilines is 1. The molecule has 1 aromatic rings. The molecule has 0 saturated heterocycles. The van der Waals surface area contributed by atoms with Gasteiger partial charge in [-0.2, -0.15) is 0 Å². The van der Waals surface area contributed by atoms with E-state index in [4.69, 9.17) is 5.73 Å². The van der Waals surface area contributed by atoms with E-state index in [1.54, 1.807) is 0 Å². The van der Waals surface area contributed by atoms with E-state index < -0.39 is 0 Å². The van der Waals surface area contributed by atoms with Crippen LogP contribution in [0.15, 0.2) is 24.3 Å². The second-order valence-electron chi connectivity index (χ2n) is 3.96. The van der Waals surface area contributed by atoms with Gasteiger partial charge in [-0.3, -0.25) is 0 Å². The molecule has 15 heavy (non-hydrogen) atoms. The number of aryl methyl sites for hydroxylation is 1. The molecule has 0 aliphatic rings. The zero-order valence-electron chi connectivity index (χ0n) is 9.87. The summed E-state index contributed by atoms with van der Waals surface area (Å²) >= 11 is 0. The van der Waals surface area contributed by atoms with E-state index in [0.717, 1.165) is 19.6 Å². The number of unbranched alkanes of at least 4 members (excludes halogenated alkanes) is 1. The monoisotopic (exact) mass is 206 g/mol. The van der Waals surface area contributed by atoms with Crippen molar-refractivity contribution in [3.63, 3.8) is 0 Å². The molecule has 0 aromatic heterocycles. The third kappa shape index (κ3) is 3.92. The fourth-order valence-electron chi connectivity index (χ4n) is 1.63. The zero-order chi connectivity index (χ0) is 11.1. The van der Waals surface area contributed by atoms with Gasteiger partial charge < -0.3 is 10.6 Å². The van der Waals surface area contributed by atoms with Gasteiger partial charge in [0, 0.05) is 25.3 Å². The lowest BCUT2D eigenvalue weighted by molar-refractivity contribution is 0.715. The van der Waals surface area contributed by atoms with Crippen LogP contribution in [0.5, 0.6) is 0 Å². The van der Waals surface area contributed by atoms with Gasteiger partial charge in [0.1, 0.15) is 0 Å². The molecule has 0 unspecified atom stereocenters. The Bertz CT molecular complexity index is 266. The summed E-state index contributed by atoms with van der Waals surface area (Å²) < 4.78 is 0. The van der Waals surface area contributed by atoms with Gasteiger partial charge in [0.2, 0.25) is 0 Å². The van der Waals surface area contributed by atoms with E-state index in [9.17, 15) is 0 Å². The Morgan fingerprint density at radius 2 is 1.80 bits per heavy atom. The van der Waals surface area contributed by atoms with Crippen LogP contribution < -0.4 is 10.6 Å². The number of hydrogen-bond donors (Lipinski definition) is 1. The molecule has 0 aliphatic carbocycles. The largest absolute Gasteiger partial charge is 0.370 e. The highest BCUT2D eigenvalue weighted by Gasteiger charge is 2.03. The Kier molecular flexibility index (Phi) is 5.19. The van der Waals surface area contributed by atoms with Crippen LogP contribution >= 0.6 is 0 Å². The maximum absolute atomic E-state index is 5.63. The van der Waals surface area contributed by atoms with Crippen molar-refractivity contribution in [2.45, 2.75) is 26.7 Å². The van der Waals surface area contributed by atoms with Gasteiger partial charge in [-0.1, -0.05) is 31.0 Å². The smallest absolute Gasteiger partial charge is 0.0366 e. The van der Waals surface area contributed by atoms with Gasteiger partial charge in [-0.05, 0) is 25.5 Å². The average Bonchev–Trinajstić information content (AvgIpc) is 2.25. The molecule has 1 aromatic carbocycles. The first-order valence-electron chi connectivity index (χ1n) is 5.79. The van der Waals surface area contributed by atoms with E-state index in [1.165, 1.54) is 24.1 Å². The molecule has 0 amide bonds. The van der Waals surface area contributed by atoms with Crippen molar-refractivity contribution < 1.29 is 0 Å². The summed E-state index contributed by atoms with van der Waals surface area (Å²) in [6.45, 7) is 7.11. The summed E-state index contributed by atoms with van der Waals surface area (Å²) in [5.74, 6) is 0. The normalized spacial score (nSPS) is 10.3.